The minimum absolute atomic E-state index is 0.884. The van der Waals surface area contributed by atoms with Gasteiger partial charge in [0, 0.05) is 0 Å². The number of benzene rings is 1. The van der Waals surface area contributed by atoms with Crippen molar-refractivity contribution in [3.63, 3.8) is 0 Å². The highest BCUT2D eigenvalue weighted by atomic mass is 14.9. The lowest BCUT2D eigenvalue weighted by atomic mass is 9.92. The molecule has 0 spiro atoms. The quantitative estimate of drug-likeness (QED) is 0.761. The molecule has 1 heteroatoms. The molecule has 0 bridgehead atoms. The van der Waals surface area contributed by atoms with Crippen molar-refractivity contribution in [2.75, 3.05) is 13.1 Å². The Balaban J connectivity index is 1.68. The van der Waals surface area contributed by atoms with Gasteiger partial charge in [0.15, 0.2) is 0 Å². The predicted molar refractivity (Wildman–Crippen MR) is 67.6 cm³/mol. The Labute approximate surface area is 98.3 Å². The first-order valence-electron chi connectivity index (χ1n) is 6.70. The van der Waals surface area contributed by atoms with E-state index in [4.69, 9.17) is 0 Å². The summed E-state index contributed by atoms with van der Waals surface area (Å²) < 4.78 is 0. The lowest BCUT2D eigenvalue weighted by Gasteiger charge is -2.13. The fraction of sp³-hybridized carbons (Fsp3) is 0.600. The molecule has 2 aliphatic rings. The molecule has 3 atom stereocenters. The zero-order valence-electron chi connectivity index (χ0n) is 10.1. The average molecular weight is 215 g/mol. The maximum absolute atomic E-state index is 3.58. The first-order chi connectivity index (χ1) is 7.92. The Morgan fingerprint density at radius 1 is 1.31 bits per heavy atom. The summed E-state index contributed by atoms with van der Waals surface area (Å²) in [5.74, 6) is 2.80. The Bertz CT molecular complexity index is 371. The van der Waals surface area contributed by atoms with Crippen LogP contribution in [0.2, 0.25) is 0 Å². The van der Waals surface area contributed by atoms with Gasteiger partial charge in [-0.3, -0.25) is 0 Å². The van der Waals surface area contributed by atoms with E-state index in [2.05, 4.69) is 36.5 Å². The second kappa shape index (κ2) is 4.21. The van der Waals surface area contributed by atoms with Gasteiger partial charge in [0.2, 0.25) is 0 Å². The van der Waals surface area contributed by atoms with Gasteiger partial charge in [-0.1, -0.05) is 31.2 Å². The van der Waals surface area contributed by atoms with Gasteiger partial charge in [-0.05, 0) is 61.2 Å². The number of fused-ring (bicyclic) bond motifs is 3. The van der Waals surface area contributed by atoms with Crippen LogP contribution in [0.4, 0.5) is 0 Å². The van der Waals surface area contributed by atoms with Crippen molar-refractivity contribution in [2.24, 2.45) is 11.8 Å². The SMILES string of the molecule is CCCNCC1C2CCc3ccccc3C21. The Hall–Kier alpha value is -0.820. The maximum Gasteiger partial charge on any atom is -0.00117 e. The van der Waals surface area contributed by atoms with Crippen LogP contribution in [0.3, 0.4) is 0 Å². The van der Waals surface area contributed by atoms with Gasteiger partial charge >= 0.3 is 0 Å². The predicted octanol–water partition coefficient (Wildman–Crippen LogP) is 2.96. The molecule has 1 fully saturated rings. The van der Waals surface area contributed by atoms with E-state index in [1.54, 1.807) is 11.1 Å². The third kappa shape index (κ3) is 1.67. The molecule has 0 amide bonds. The second-order valence-corrected chi connectivity index (χ2v) is 5.30. The summed E-state index contributed by atoms with van der Waals surface area (Å²) in [6.07, 6.45) is 3.97. The zero-order chi connectivity index (χ0) is 11.0. The van der Waals surface area contributed by atoms with Crippen molar-refractivity contribution in [1.82, 2.24) is 5.32 Å². The van der Waals surface area contributed by atoms with Crippen LogP contribution in [0.25, 0.3) is 0 Å². The van der Waals surface area contributed by atoms with Crippen LogP contribution in [0, 0.1) is 11.8 Å². The molecule has 1 aromatic rings. The third-order valence-electron chi connectivity index (χ3n) is 4.30. The van der Waals surface area contributed by atoms with Gasteiger partial charge in [0.1, 0.15) is 0 Å². The molecule has 1 aromatic carbocycles. The van der Waals surface area contributed by atoms with E-state index in [0.717, 1.165) is 17.8 Å². The highest BCUT2D eigenvalue weighted by molar-refractivity contribution is 5.39. The summed E-state index contributed by atoms with van der Waals surface area (Å²) >= 11 is 0. The monoisotopic (exact) mass is 215 g/mol. The van der Waals surface area contributed by atoms with E-state index < -0.39 is 0 Å². The maximum atomic E-state index is 3.58. The molecule has 0 aromatic heterocycles. The molecule has 16 heavy (non-hydrogen) atoms. The van der Waals surface area contributed by atoms with E-state index in [1.165, 1.54) is 32.4 Å². The summed E-state index contributed by atoms with van der Waals surface area (Å²) in [4.78, 5) is 0. The molecule has 1 N–H and O–H groups in total. The molecule has 1 nitrogen and oxygen atoms in total. The first kappa shape index (κ1) is 10.3. The molecular formula is C15H21N. The van der Waals surface area contributed by atoms with E-state index in [1.807, 2.05) is 0 Å². The number of aryl methyl sites for hydroxylation is 1. The van der Waals surface area contributed by atoms with E-state index in [-0.39, 0.29) is 0 Å². The molecule has 3 rings (SSSR count). The van der Waals surface area contributed by atoms with Crippen LogP contribution < -0.4 is 5.32 Å². The fourth-order valence-corrected chi connectivity index (χ4v) is 3.43. The summed E-state index contributed by atoms with van der Waals surface area (Å²) in [7, 11) is 0. The lowest BCUT2D eigenvalue weighted by molar-refractivity contribution is 0.576. The smallest absolute Gasteiger partial charge is 0.00117 e. The molecule has 0 aliphatic heterocycles. The molecule has 3 unspecified atom stereocenters. The number of hydrogen-bond donors (Lipinski definition) is 1. The van der Waals surface area contributed by atoms with Crippen LogP contribution in [0.5, 0.6) is 0 Å². The molecule has 0 saturated heterocycles. The molecule has 0 heterocycles. The van der Waals surface area contributed by atoms with Crippen molar-refractivity contribution in [3.05, 3.63) is 35.4 Å². The Kier molecular flexibility index (Phi) is 2.72. The molecular weight excluding hydrogens is 194 g/mol. The second-order valence-electron chi connectivity index (χ2n) is 5.30. The Morgan fingerprint density at radius 3 is 3.06 bits per heavy atom. The molecule has 1 saturated carbocycles. The number of rotatable bonds is 4. The standard InChI is InChI=1S/C15H21N/c1-2-9-16-10-14-13-8-7-11-5-3-4-6-12(11)15(13)14/h3-6,13-16H,2,7-10H2,1H3. The van der Waals surface area contributed by atoms with Crippen molar-refractivity contribution in [1.29, 1.82) is 0 Å². The summed E-state index contributed by atoms with van der Waals surface area (Å²) in [6, 6.07) is 9.06. The summed E-state index contributed by atoms with van der Waals surface area (Å²) in [5, 5.41) is 3.58. The summed E-state index contributed by atoms with van der Waals surface area (Å²) in [5.41, 5.74) is 3.27. The van der Waals surface area contributed by atoms with Crippen LogP contribution in [0.1, 0.15) is 36.8 Å². The van der Waals surface area contributed by atoms with Gasteiger partial charge in [0.25, 0.3) is 0 Å². The van der Waals surface area contributed by atoms with Gasteiger partial charge in [-0.15, -0.1) is 0 Å². The van der Waals surface area contributed by atoms with Crippen LogP contribution in [-0.4, -0.2) is 13.1 Å². The van der Waals surface area contributed by atoms with E-state index >= 15 is 0 Å². The number of nitrogens with one attached hydrogen (secondary N) is 1. The highest BCUT2D eigenvalue weighted by Crippen LogP contribution is 2.59. The van der Waals surface area contributed by atoms with Crippen molar-refractivity contribution in [3.8, 4) is 0 Å². The highest BCUT2D eigenvalue weighted by Gasteiger charge is 2.52. The molecule has 0 radical (unpaired) electrons. The van der Waals surface area contributed by atoms with Crippen molar-refractivity contribution >= 4 is 0 Å². The van der Waals surface area contributed by atoms with Crippen molar-refractivity contribution in [2.45, 2.75) is 32.1 Å². The molecule has 2 aliphatic carbocycles. The normalized spacial score (nSPS) is 30.7. The first-order valence-corrected chi connectivity index (χ1v) is 6.70. The van der Waals surface area contributed by atoms with E-state index in [9.17, 15) is 0 Å². The Morgan fingerprint density at radius 2 is 2.19 bits per heavy atom. The van der Waals surface area contributed by atoms with Crippen LogP contribution in [0.15, 0.2) is 24.3 Å². The van der Waals surface area contributed by atoms with Gasteiger partial charge < -0.3 is 5.32 Å². The minimum atomic E-state index is 0.884. The van der Waals surface area contributed by atoms with Crippen LogP contribution in [-0.2, 0) is 6.42 Å². The summed E-state index contributed by atoms with van der Waals surface area (Å²) in [6.45, 7) is 4.65. The minimum Gasteiger partial charge on any atom is -0.316 e. The largest absolute Gasteiger partial charge is 0.316 e. The van der Waals surface area contributed by atoms with Gasteiger partial charge in [-0.2, -0.15) is 0 Å². The van der Waals surface area contributed by atoms with E-state index in [0.29, 0.717) is 0 Å². The van der Waals surface area contributed by atoms with Gasteiger partial charge in [-0.25, -0.2) is 0 Å². The number of hydrogen-bond acceptors (Lipinski definition) is 1. The average Bonchev–Trinajstić information content (AvgIpc) is 3.04. The lowest BCUT2D eigenvalue weighted by Crippen LogP contribution is -2.18. The topological polar surface area (TPSA) is 12.0 Å². The fourth-order valence-electron chi connectivity index (χ4n) is 3.43. The van der Waals surface area contributed by atoms with Gasteiger partial charge in [0.05, 0.1) is 0 Å². The molecule has 86 valence electrons. The third-order valence-corrected chi connectivity index (χ3v) is 4.30. The van der Waals surface area contributed by atoms with Crippen LogP contribution >= 0.6 is 0 Å². The van der Waals surface area contributed by atoms with Crippen molar-refractivity contribution < 1.29 is 0 Å². The zero-order valence-corrected chi connectivity index (χ0v) is 10.1.